The summed E-state index contributed by atoms with van der Waals surface area (Å²) in [7, 11) is 0. The fourth-order valence-electron chi connectivity index (χ4n) is 3.53. The first-order chi connectivity index (χ1) is 9.95. The molecule has 1 aliphatic carbocycles. The fourth-order valence-corrected chi connectivity index (χ4v) is 3.53. The van der Waals surface area contributed by atoms with Crippen molar-refractivity contribution in [1.29, 1.82) is 0 Å². The molecule has 0 unspecified atom stereocenters. The van der Waals surface area contributed by atoms with E-state index in [4.69, 9.17) is 0 Å². The second-order valence-electron chi connectivity index (χ2n) is 5.62. The molecule has 1 aliphatic heterocycles. The van der Waals surface area contributed by atoms with Crippen molar-refractivity contribution in [3.8, 4) is 0 Å². The molecule has 0 aromatic carbocycles. The van der Waals surface area contributed by atoms with Crippen molar-refractivity contribution in [1.82, 2.24) is 15.1 Å². The van der Waals surface area contributed by atoms with E-state index in [2.05, 4.69) is 10.2 Å². The summed E-state index contributed by atoms with van der Waals surface area (Å²) in [5, 5.41) is 26.2. The van der Waals surface area contributed by atoms with Gasteiger partial charge in [0.05, 0.1) is 10.3 Å². The highest BCUT2D eigenvalue weighted by Gasteiger charge is 2.56. The van der Waals surface area contributed by atoms with Gasteiger partial charge in [0.2, 0.25) is 5.69 Å². The van der Waals surface area contributed by atoms with Crippen LogP contribution in [-0.4, -0.2) is 50.1 Å². The van der Waals surface area contributed by atoms with Crippen molar-refractivity contribution in [3.63, 3.8) is 0 Å². The zero-order valence-electron chi connectivity index (χ0n) is 11.1. The van der Waals surface area contributed by atoms with Gasteiger partial charge in [0.25, 0.3) is 5.91 Å². The minimum atomic E-state index is -0.898. The maximum Gasteiger partial charge on any atom is 0.319 e. The predicted octanol–water partition coefficient (Wildman–Crippen LogP) is 0.645. The number of rotatable bonds is 3. The first kappa shape index (κ1) is 13.5. The van der Waals surface area contributed by atoms with E-state index in [1.54, 1.807) is 0 Å². The van der Waals surface area contributed by atoms with Crippen LogP contribution >= 0.6 is 0 Å². The average Bonchev–Trinajstić information content (AvgIpc) is 3.11. The van der Waals surface area contributed by atoms with Gasteiger partial charge in [-0.25, -0.2) is 0 Å². The number of amides is 1. The fraction of sp³-hybridized carbons (Fsp3) is 0.583. The van der Waals surface area contributed by atoms with Crippen LogP contribution in [0.25, 0.3) is 0 Å². The Morgan fingerprint density at radius 3 is 2.95 bits per heavy atom. The van der Waals surface area contributed by atoms with Gasteiger partial charge in [-0.3, -0.25) is 24.8 Å². The normalized spacial score (nSPS) is 27.6. The highest BCUT2D eigenvalue weighted by Crippen LogP contribution is 2.49. The number of hydrogen-bond donors (Lipinski definition) is 2. The Labute approximate surface area is 119 Å². The molecule has 9 heteroatoms. The lowest BCUT2D eigenvalue weighted by Gasteiger charge is -2.22. The van der Waals surface area contributed by atoms with Crippen molar-refractivity contribution < 1.29 is 19.6 Å². The summed E-state index contributed by atoms with van der Waals surface area (Å²) < 4.78 is 0. The molecule has 2 heterocycles. The summed E-state index contributed by atoms with van der Waals surface area (Å²) in [6.07, 6.45) is 3.13. The lowest BCUT2D eigenvalue weighted by Crippen LogP contribution is -2.37. The minimum Gasteiger partial charge on any atom is -0.481 e. The van der Waals surface area contributed by atoms with Crippen LogP contribution in [0.4, 0.5) is 5.69 Å². The number of nitro groups is 1. The van der Waals surface area contributed by atoms with Crippen LogP contribution in [0.1, 0.15) is 29.8 Å². The molecule has 2 fully saturated rings. The van der Waals surface area contributed by atoms with Crippen LogP contribution in [0.3, 0.4) is 0 Å². The van der Waals surface area contributed by atoms with Gasteiger partial charge in [-0.05, 0) is 18.8 Å². The summed E-state index contributed by atoms with van der Waals surface area (Å²) in [4.78, 5) is 35.5. The Morgan fingerprint density at radius 2 is 2.33 bits per heavy atom. The third kappa shape index (κ3) is 1.88. The Hall–Kier alpha value is -2.45. The highest BCUT2D eigenvalue weighted by molar-refractivity contribution is 5.96. The molecule has 1 saturated carbocycles. The number of hydrogen-bond acceptors (Lipinski definition) is 5. The zero-order valence-corrected chi connectivity index (χ0v) is 11.1. The van der Waals surface area contributed by atoms with Crippen LogP contribution in [0, 0.1) is 21.4 Å². The number of aliphatic carboxylic acids is 1. The lowest BCUT2D eigenvalue weighted by atomic mass is 9.81. The van der Waals surface area contributed by atoms with Crippen LogP contribution in [0.2, 0.25) is 0 Å². The maximum atomic E-state index is 12.4. The number of carbonyl (C=O) groups is 2. The third-order valence-corrected chi connectivity index (χ3v) is 4.61. The van der Waals surface area contributed by atoms with Gasteiger partial charge in [-0.1, -0.05) is 6.42 Å². The van der Waals surface area contributed by atoms with E-state index in [1.165, 1.54) is 4.90 Å². The first-order valence-corrected chi connectivity index (χ1v) is 6.66. The SMILES string of the molecule is O=C(c1[nH]ncc1[N+](=O)[O-])N1C[C@@H]2CCC[C@@]2(C(=O)O)C1. The highest BCUT2D eigenvalue weighted by atomic mass is 16.6. The van der Waals surface area contributed by atoms with Crippen LogP contribution in [-0.2, 0) is 4.79 Å². The standard InChI is InChI=1S/C12H14N4O5/c17-10(9-8(16(20)21)4-13-14-9)15-5-7-2-1-3-12(7,6-15)11(18)19/h4,7H,1-3,5-6H2,(H,13,14)(H,18,19)/t7-,12+/m0/s1. The number of likely N-dealkylation sites (tertiary alicyclic amines) is 1. The first-order valence-electron chi connectivity index (χ1n) is 6.66. The van der Waals surface area contributed by atoms with Crippen LogP contribution in [0.15, 0.2) is 6.20 Å². The van der Waals surface area contributed by atoms with Crippen molar-refractivity contribution in [2.45, 2.75) is 19.3 Å². The van der Waals surface area contributed by atoms with Gasteiger partial charge in [-0.2, -0.15) is 5.10 Å². The summed E-state index contributed by atoms with van der Waals surface area (Å²) in [5.74, 6) is -1.53. The third-order valence-electron chi connectivity index (χ3n) is 4.61. The number of aromatic nitrogens is 2. The summed E-state index contributed by atoms with van der Waals surface area (Å²) >= 11 is 0. The van der Waals surface area contributed by atoms with Crippen LogP contribution < -0.4 is 0 Å². The van der Waals surface area contributed by atoms with Gasteiger partial charge in [-0.15, -0.1) is 0 Å². The Kier molecular flexibility index (Phi) is 2.92. The molecular weight excluding hydrogens is 280 g/mol. The van der Waals surface area contributed by atoms with Crippen LogP contribution in [0.5, 0.6) is 0 Å². The summed E-state index contributed by atoms with van der Waals surface area (Å²) in [6, 6.07) is 0. The van der Waals surface area contributed by atoms with E-state index in [1.807, 2.05) is 0 Å². The molecule has 1 aromatic rings. The van der Waals surface area contributed by atoms with Gasteiger partial charge in [0.1, 0.15) is 6.20 Å². The number of aromatic amines is 1. The van der Waals surface area contributed by atoms with Gasteiger partial charge in [0.15, 0.2) is 0 Å². The van der Waals surface area contributed by atoms with E-state index in [-0.39, 0.29) is 23.8 Å². The monoisotopic (exact) mass is 294 g/mol. The second-order valence-corrected chi connectivity index (χ2v) is 5.62. The topological polar surface area (TPSA) is 129 Å². The van der Waals surface area contributed by atoms with E-state index in [0.29, 0.717) is 13.0 Å². The molecule has 21 heavy (non-hydrogen) atoms. The maximum absolute atomic E-state index is 12.4. The number of carboxylic acids is 1. The molecule has 2 N–H and O–H groups in total. The number of carbonyl (C=O) groups excluding carboxylic acids is 1. The van der Waals surface area contributed by atoms with Crippen molar-refractivity contribution in [3.05, 3.63) is 22.0 Å². The molecular formula is C12H14N4O5. The molecule has 0 bridgehead atoms. The molecule has 2 atom stereocenters. The Balaban J connectivity index is 1.86. The number of nitrogens with one attached hydrogen (secondary N) is 1. The number of carboxylic acid groups (broad SMARTS) is 1. The molecule has 2 aliphatic rings. The summed E-state index contributed by atoms with van der Waals surface area (Å²) in [5.41, 5.74) is -1.48. The lowest BCUT2D eigenvalue weighted by molar-refractivity contribution is -0.385. The summed E-state index contributed by atoms with van der Waals surface area (Å²) in [6.45, 7) is 0.420. The number of H-pyrrole nitrogens is 1. The van der Waals surface area contributed by atoms with Gasteiger partial charge < -0.3 is 10.0 Å². The molecule has 1 aromatic heterocycles. The van der Waals surface area contributed by atoms with E-state index in [9.17, 15) is 24.8 Å². The number of nitrogens with zero attached hydrogens (tertiary/aromatic N) is 3. The van der Waals surface area contributed by atoms with E-state index < -0.39 is 22.2 Å². The van der Waals surface area contributed by atoms with Crippen molar-refractivity contribution in [2.75, 3.05) is 13.1 Å². The molecule has 9 nitrogen and oxygen atoms in total. The van der Waals surface area contributed by atoms with Crippen molar-refractivity contribution >= 4 is 17.6 Å². The largest absolute Gasteiger partial charge is 0.481 e. The molecule has 112 valence electrons. The Bertz CT molecular complexity index is 627. The van der Waals surface area contributed by atoms with Gasteiger partial charge in [0, 0.05) is 13.1 Å². The van der Waals surface area contributed by atoms with Crippen molar-refractivity contribution in [2.24, 2.45) is 11.3 Å². The Morgan fingerprint density at radius 1 is 1.57 bits per heavy atom. The molecule has 1 saturated heterocycles. The molecule has 0 spiro atoms. The average molecular weight is 294 g/mol. The zero-order chi connectivity index (χ0) is 15.2. The molecule has 1 amide bonds. The predicted molar refractivity (Wildman–Crippen MR) is 68.6 cm³/mol. The van der Waals surface area contributed by atoms with Gasteiger partial charge >= 0.3 is 11.7 Å². The van der Waals surface area contributed by atoms with E-state index >= 15 is 0 Å². The molecule has 0 radical (unpaired) electrons. The smallest absolute Gasteiger partial charge is 0.319 e. The second kappa shape index (κ2) is 4.54. The quantitative estimate of drug-likeness (QED) is 0.621. The van der Waals surface area contributed by atoms with E-state index in [0.717, 1.165) is 19.0 Å². The minimum absolute atomic E-state index is 0.0825. The number of fused-ring (bicyclic) bond motifs is 1. The molecule has 3 rings (SSSR count).